The molecule has 0 spiro atoms. The molecule has 7 heteroatoms. The van der Waals surface area contributed by atoms with Crippen molar-refractivity contribution in [3.63, 3.8) is 0 Å². The standard InChI is InChI=1S/C11H20N2O5/c1-11(2,3)18-10(15)12-8-4-7(5-8)9(14)6-13(16)17/h7-9,14H,4-6H2,1-3H3,(H,12,15). The molecule has 1 aliphatic rings. The Hall–Kier alpha value is -1.37. The minimum atomic E-state index is -0.934. The first-order valence-electron chi connectivity index (χ1n) is 5.97. The average molecular weight is 260 g/mol. The molecule has 0 aromatic rings. The van der Waals surface area contributed by atoms with Crippen LogP contribution in [0.1, 0.15) is 33.6 Å². The van der Waals surface area contributed by atoms with Crippen molar-refractivity contribution in [2.45, 2.75) is 51.4 Å². The number of rotatable bonds is 4. The highest BCUT2D eigenvalue weighted by Crippen LogP contribution is 2.30. The number of amides is 1. The van der Waals surface area contributed by atoms with Gasteiger partial charge in [-0.3, -0.25) is 10.1 Å². The van der Waals surface area contributed by atoms with Crippen molar-refractivity contribution in [2.75, 3.05) is 6.54 Å². The summed E-state index contributed by atoms with van der Waals surface area (Å²) in [5.74, 6) is -0.115. The van der Waals surface area contributed by atoms with Crippen molar-refractivity contribution in [1.82, 2.24) is 5.32 Å². The average Bonchev–Trinajstić information content (AvgIpc) is 2.05. The van der Waals surface area contributed by atoms with Gasteiger partial charge in [0.15, 0.2) is 0 Å². The lowest BCUT2D eigenvalue weighted by molar-refractivity contribution is -0.493. The fraction of sp³-hybridized carbons (Fsp3) is 0.909. The van der Waals surface area contributed by atoms with Crippen LogP contribution in [-0.4, -0.2) is 40.4 Å². The Morgan fingerprint density at radius 2 is 2.11 bits per heavy atom. The van der Waals surface area contributed by atoms with Gasteiger partial charge in [0.2, 0.25) is 6.54 Å². The van der Waals surface area contributed by atoms with E-state index in [1.807, 2.05) is 0 Å². The van der Waals surface area contributed by atoms with Crippen molar-refractivity contribution in [3.05, 3.63) is 10.1 Å². The van der Waals surface area contributed by atoms with E-state index in [1.54, 1.807) is 20.8 Å². The Bertz CT molecular complexity index is 320. The molecule has 1 aliphatic carbocycles. The Kier molecular flexibility index (Phi) is 4.50. The van der Waals surface area contributed by atoms with Crippen molar-refractivity contribution in [2.24, 2.45) is 5.92 Å². The second-order valence-electron chi connectivity index (χ2n) is 5.66. The van der Waals surface area contributed by atoms with Crippen molar-refractivity contribution >= 4 is 6.09 Å². The monoisotopic (exact) mass is 260 g/mol. The molecule has 1 unspecified atom stereocenters. The predicted molar refractivity (Wildman–Crippen MR) is 63.7 cm³/mol. The van der Waals surface area contributed by atoms with Gasteiger partial charge in [-0.05, 0) is 39.5 Å². The van der Waals surface area contributed by atoms with Gasteiger partial charge in [-0.1, -0.05) is 0 Å². The summed E-state index contributed by atoms with van der Waals surface area (Å²) in [5.41, 5.74) is -0.543. The third-order valence-corrected chi connectivity index (χ3v) is 2.78. The van der Waals surface area contributed by atoms with E-state index in [1.165, 1.54) is 0 Å². The lowest BCUT2D eigenvalue weighted by atomic mass is 9.77. The minimum Gasteiger partial charge on any atom is -0.444 e. The van der Waals surface area contributed by atoms with Gasteiger partial charge in [0.25, 0.3) is 0 Å². The quantitative estimate of drug-likeness (QED) is 0.578. The molecule has 7 nitrogen and oxygen atoms in total. The Labute approximate surface area is 106 Å². The zero-order chi connectivity index (χ0) is 13.9. The van der Waals surface area contributed by atoms with E-state index in [0.29, 0.717) is 12.8 Å². The lowest BCUT2D eigenvalue weighted by Crippen LogP contribution is -2.50. The lowest BCUT2D eigenvalue weighted by Gasteiger charge is -2.37. The number of carbonyl (C=O) groups is 1. The number of hydrogen-bond acceptors (Lipinski definition) is 5. The molecule has 0 aromatic heterocycles. The van der Waals surface area contributed by atoms with Crippen molar-refractivity contribution in [1.29, 1.82) is 0 Å². The van der Waals surface area contributed by atoms with Crippen LogP contribution in [0.2, 0.25) is 0 Å². The van der Waals surface area contributed by atoms with Crippen LogP contribution in [0.15, 0.2) is 0 Å². The van der Waals surface area contributed by atoms with Crippen LogP contribution in [0.5, 0.6) is 0 Å². The van der Waals surface area contributed by atoms with E-state index in [9.17, 15) is 20.0 Å². The molecule has 0 aromatic carbocycles. The Morgan fingerprint density at radius 3 is 2.56 bits per heavy atom. The minimum absolute atomic E-state index is 0.0637. The molecule has 1 atom stereocenters. The fourth-order valence-electron chi connectivity index (χ4n) is 1.87. The van der Waals surface area contributed by atoms with Gasteiger partial charge >= 0.3 is 6.09 Å². The molecule has 0 aliphatic heterocycles. The number of nitrogens with one attached hydrogen (secondary N) is 1. The number of nitro groups is 1. The van der Waals surface area contributed by atoms with Crippen LogP contribution in [-0.2, 0) is 4.74 Å². The predicted octanol–water partition coefficient (Wildman–Crippen LogP) is 0.927. The van der Waals surface area contributed by atoms with Gasteiger partial charge < -0.3 is 15.2 Å². The van der Waals surface area contributed by atoms with E-state index in [0.717, 1.165) is 0 Å². The summed E-state index contributed by atoms with van der Waals surface area (Å²) in [4.78, 5) is 21.1. The number of nitrogens with zero attached hydrogens (tertiary/aromatic N) is 1. The van der Waals surface area contributed by atoms with Gasteiger partial charge in [-0.15, -0.1) is 0 Å². The Morgan fingerprint density at radius 1 is 1.56 bits per heavy atom. The van der Waals surface area contributed by atoms with Crippen LogP contribution < -0.4 is 5.32 Å². The summed E-state index contributed by atoms with van der Waals surface area (Å²) in [6.07, 6.45) is -0.325. The highest BCUT2D eigenvalue weighted by molar-refractivity contribution is 5.68. The van der Waals surface area contributed by atoms with Crippen LogP contribution in [0, 0.1) is 16.0 Å². The van der Waals surface area contributed by atoms with E-state index in [-0.39, 0.29) is 12.0 Å². The molecule has 0 radical (unpaired) electrons. The second kappa shape index (κ2) is 5.51. The van der Waals surface area contributed by atoms with Crippen LogP contribution in [0.4, 0.5) is 4.79 Å². The second-order valence-corrected chi connectivity index (χ2v) is 5.66. The van der Waals surface area contributed by atoms with E-state index in [2.05, 4.69) is 5.32 Å². The maximum atomic E-state index is 11.4. The van der Waals surface area contributed by atoms with Gasteiger partial charge in [0.05, 0.1) is 0 Å². The molecule has 18 heavy (non-hydrogen) atoms. The third-order valence-electron chi connectivity index (χ3n) is 2.78. The van der Waals surface area contributed by atoms with E-state index >= 15 is 0 Å². The van der Waals surface area contributed by atoms with Gasteiger partial charge in [-0.2, -0.15) is 0 Å². The summed E-state index contributed by atoms with van der Waals surface area (Å²) >= 11 is 0. The molecular formula is C11H20N2O5. The first-order chi connectivity index (χ1) is 8.17. The maximum Gasteiger partial charge on any atom is 0.407 e. The normalized spacial score (nSPS) is 24.9. The van der Waals surface area contributed by atoms with Gasteiger partial charge in [-0.25, -0.2) is 4.79 Å². The number of carbonyl (C=O) groups excluding carboxylic acids is 1. The molecule has 0 saturated heterocycles. The fourth-order valence-corrected chi connectivity index (χ4v) is 1.87. The Balaban J connectivity index is 2.23. The number of ether oxygens (including phenoxy) is 1. The molecular weight excluding hydrogens is 240 g/mol. The van der Waals surface area contributed by atoms with Gasteiger partial charge in [0.1, 0.15) is 11.7 Å². The summed E-state index contributed by atoms with van der Waals surface area (Å²) in [6, 6.07) is -0.0637. The van der Waals surface area contributed by atoms with Crippen molar-refractivity contribution in [3.8, 4) is 0 Å². The molecule has 1 amide bonds. The molecule has 1 fully saturated rings. The third kappa shape index (κ3) is 4.87. The summed E-state index contributed by atoms with van der Waals surface area (Å²) in [5, 5.41) is 22.4. The number of aliphatic hydroxyl groups is 1. The number of aliphatic hydroxyl groups excluding tert-OH is 1. The van der Waals surface area contributed by atoms with Crippen LogP contribution >= 0.6 is 0 Å². The first kappa shape index (κ1) is 14.7. The van der Waals surface area contributed by atoms with E-state index < -0.39 is 29.3 Å². The maximum absolute atomic E-state index is 11.4. The number of hydrogen-bond donors (Lipinski definition) is 2. The summed E-state index contributed by atoms with van der Waals surface area (Å²) in [7, 11) is 0. The summed E-state index contributed by atoms with van der Waals surface area (Å²) in [6.45, 7) is 4.88. The first-order valence-corrected chi connectivity index (χ1v) is 5.97. The molecule has 1 saturated carbocycles. The SMILES string of the molecule is CC(C)(C)OC(=O)NC1CC(C(O)C[N+](=O)[O-])C1. The molecule has 2 N–H and O–H groups in total. The highest BCUT2D eigenvalue weighted by atomic mass is 16.6. The zero-order valence-corrected chi connectivity index (χ0v) is 10.9. The molecule has 0 heterocycles. The zero-order valence-electron chi connectivity index (χ0n) is 10.9. The smallest absolute Gasteiger partial charge is 0.407 e. The molecule has 1 rings (SSSR count). The van der Waals surface area contributed by atoms with Crippen LogP contribution in [0.25, 0.3) is 0 Å². The van der Waals surface area contributed by atoms with Crippen LogP contribution in [0.3, 0.4) is 0 Å². The summed E-state index contributed by atoms with van der Waals surface area (Å²) < 4.78 is 5.08. The highest BCUT2D eigenvalue weighted by Gasteiger charge is 2.37. The van der Waals surface area contributed by atoms with Crippen molar-refractivity contribution < 1.29 is 19.6 Å². The van der Waals surface area contributed by atoms with E-state index in [4.69, 9.17) is 4.74 Å². The number of alkyl carbamates (subject to hydrolysis) is 1. The topological polar surface area (TPSA) is 102 Å². The molecule has 104 valence electrons. The largest absolute Gasteiger partial charge is 0.444 e. The molecule has 0 bridgehead atoms. The van der Waals surface area contributed by atoms with Gasteiger partial charge in [0, 0.05) is 11.0 Å².